The van der Waals surface area contributed by atoms with Crippen LogP contribution in [0.25, 0.3) is 0 Å². The van der Waals surface area contributed by atoms with E-state index in [9.17, 15) is 4.79 Å². The first-order valence-electron chi connectivity index (χ1n) is 4.45. The van der Waals surface area contributed by atoms with Crippen molar-refractivity contribution in [3.63, 3.8) is 0 Å². The lowest BCUT2D eigenvalue weighted by Gasteiger charge is -2.24. The van der Waals surface area contributed by atoms with Crippen LogP contribution in [0.15, 0.2) is 0 Å². The molecule has 4 heteroatoms. The molecule has 76 valence electrons. The van der Waals surface area contributed by atoms with Gasteiger partial charge in [-0.25, -0.2) is 0 Å². The molecule has 13 heavy (non-hydrogen) atoms. The maximum atomic E-state index is 11.0. The number of carbonyl (C=O) groups is 1. The van der Waals surface area contributed by atoms with Crippen LogP contribution < -0.4 is 0 Å². The fraction of sp³-hybridized carbons (Fsp3) is 0.889. The number of carboxylic acids is 1. The highest BCUT2D eigenvalue weighted by molar-refractivity contribution is 5.75. The maximum absolute atomic E-state index is 11.0. The molecule has 0 aromatic rings. The molecule has 0 saturated carbocycles. The number of ether oxygens (including phenoxy) is 2. The first-order chi connectivity index (χ1) is 6.10. The van der Waals surface area contributed by atoms with E-state index in [2.05, 4.69) is 0 Å². The summed E-state index contributed by atoms with van der Waals surface area (Å²) in [5.74, 6) is -0.770. The van der Waals surface area contributed by atoms with Crippen LogP contribution in [0, 0.1) is 5.41 Å². The molecule has 1 N–H and O–H groups in total. The van der Waals surface area contributed by atoms with E-state index in [1.54, 1.807) is 7.11 Å². The van der Waals surface area contributed by atoms with Gasteiger partial charge in [0.1, 0.15) is 0 Å². The summed E-state index contributed by atoms with van der Waals surface area (Å²) in [6, 6.07) is 0. The molecule has 1 heterocycles. The van der Waals surface area contributed by atoms with Gasteiger partial charge in [-0.1, -0.05) is 0 Å². The Balaban J connectivity index is 2.62. The molecule has 0 radical (unpaired) electrons. The average molecular weight is 188 g/mol. The van der Waals surface area contributed by atoms with Crippen molar-refractivity contribution in [1.29, 1.82) is 0 Å². The zero-order valence-corrected chi connectivity index (χ0v) is 8.08. The SMILES string of the molecule is COC(C)CC1(C(=O)O)CCOC1. The summed E-state index contributed by atoms with van der Waals surface area (Å²) in [6.07, 6.45) is 1.09. The minimum absolute atomic E-state index is 0.0298. The normalized spacial score (nSPS) is 30.3. The molecule has 0 amide bonds. The minimum Gasteiger partial charge on any atom is -0.481 e. The monoisotopic (exact) mass is 188 g/mol. The van der Waals surface area contributed by atoms with Crippen LogP contribution in [0.1, 0.15) is 19.8 Å². The molecule has 4 nitrogen and oxygen atoms in total. The summed E-state index contributed by atoms with van der Waals surface area (Å²) in [7, 11) is 1.59. The molecule has 0 aromatic carbocycles. The van der Waals surface area contributed by atoms with Gasteiger partial charge in [0.15, 0.2) is 0 Å². The molecule has 1 aliphatic rings. The van der Waals surface area contributed by atoms with Gasteiger partial charge in [0.2, 0.25) is 0 Å². The predicted octanol–water partition coefficient (Wildman–Crippen LogP) is 0.903. The van der Waals surface area contributed by atoms with E-state index in [0.717, 1.165) is 0 Å². The molecule has 1 fully saturated rings. The quantitative estimate of drug-likeness (QED) is 0.712. The average Bonchev–Trinajstić information content (AvgIpc) is 2.54. The van der Waals surface area contributed by atoms with Crippen molar-refractivity contribution in [3.05, 3.63) is 0 Å². The number of hydrogen-bond donors (Lipinski definition) is 1. The van der Waals surface area contributed by atoms with E-state index in [-0.39, 0.29) is 6.10 Å². The molecule has 1 aliphatic heterocycles. The highest BCUT2D eigenvalue weighted by Gasteiger charge is 2.43. The summed E-state index contributed by atoms with van der Waals surface area (Å²) in [4.78, 5) is 11.0. The fourth-order valence-electron chi connectivity index (χ4n) is 1.66. The van der Waals surface area contributed by atoms with Crippen LogP contribution in [-0.2, 0) is 14.3 Å². The van der Waals surface area contributed by atoms with Crippen molar-refractivity contribution in [2.45, 2.75) is 25.9 Å². The van der Waals surface area contributed by atoms with Crippen LogP contribution in [0.5, 0.6) is 0 Å². The van der Waals surface area contributed by atoms with E-state index in [4.69, 9.17) is 14.6 Å². The fourth-order valence-corrected chi connectivity index (χ4v) is 1.66. The molecule has 0 spiro atoms. The highest BCUT2D eigenvalue weighted by Crippen LogP contribution is 2.34. The second-order valence-corrected chi connectivity index (χ2v) is 3.64. The first kappa shape index (κ1) is 10.5. The Hall–Kier alpha value is -0.610. The smallest absolute Gasteiger partial charge is 0.312 e. The third-order valence-corrected chi connectivity index (χ3v) is 2.64. The molecule has 1 rings (SSSR count). The van der Waals surface area contributed by atoms with Crippen LogP contribution in [-0.4, -0.2) is 37.5 Å². The van der Waals surface area contributed by atoms with Gasteiger partial charge in [0.05, 0.1) is 18.1 Å². The molecule has 1 saturated heterocycles. The van der Waals surface area contributed by atoms with Gasteiger partial charge in [-0.3, -0.25) is 4.79 Å². The predicted molar refractivity (Wildman–Crippen MR) is 46.6 cm³/mol. The lowest BCUT2D eigenvalue weighted by molar-refractivity contribution is -0.151. The third-order valence-electron chi connectivity index (χ3n) is 2.64. The molecular weight excluding hydrogens is 172 g/mol. The van der Waals surface area contributed by atoms with Crippen LogP contribution in [0.2, 0.25) is 0 Å². The van der Waals surface area contributed by atoms with Crippen LogP contribution >= 0.6 is 0 Å². The largest absolute Gasteiger partial charge is 0.481 e. The topological polar surface area (TPSA) is 55.8 Å². The number of hydrogen-bond acceptors (Lipinski definition) is 3. The van der Waals surface area contributed by atoms with Crippen molar-refractivity contribution in [2.24, 2.45) is 5.41 Å². The van der Waals surface area contributed by atoms with Gasteiger partial charge < -0.3 is 14.6 Å². The Morgan fingerprint density at radius 3 is 2.85 bits per heavy atom. The standard InChI is InChI=1S/C9H16O4/c1-7(12-2)5-9(8(10)11)3-4-13-6-9/h7H,3-6H2,1-2H3,(H,10,11). The molecular formula is C9H16O4. The van der Waals surface area contributed by atoms with E-state index < -0.39 is 11.4 Å². The van der Waals surface area contributed by atoms with E-state index >= 15 is 0 Å². The van der Waals surface area contributed by atoms with Crippen LogP contribution in [0.4, 0.5) is 0 Å². The summed E-state index contributed by atoms with van der Waals surface area (Å²) >= 11 is 0. The number of methoxy groups -OCH3 is 1. The maximum Gasteiger partial charge on any atom is 0.312 e. The van der Waals surface area contributed by atoms with Crippen molar-refractivity contribution in [1.82, 2.24) is 0 Å². The molecule has 0 aliphatic carbocycles. The van der Waals surface area contributed by atoms with Gasteiger partial charge in [-0.2, -0.15) is 0 Å². The number of rotatable bonds is 4. The zero-order chi connectivity index (χ0) is 9.90. The molecule has 2 atom stereocenters. The van der Waals surface area contributed by atoms with Crippen molar-refractivity contribution in [2.75, 3.05) is 20.3 Å². The second-order valence-electron chi connectivity index (χ2n) is 3.64. The Labute approximate surface area is 77.8 Å². The summed E-state index contributed by atoms with van der Waals surface area (Å²) in [6.45, 7) is 2.74. The lowest BCUT2D eigenvalue weighted by Crippen LogP contribution is -2.35. The summed E-state index contributed by atoms with van der Waals surface area (Å²) in [5.41, 5.74) is -0.713. The van der Waals surface area contributed by atoms with Crippen molar-refractivity contribution < 1.29 is 19.4 Å². The third kappa shape index (κ3) is 2.19. The van der Waals surface area contributed by atoms with Crippen molar-refractivity contribution in [3.8, 4) is 0 Å². The Morgan fingerprint density at radius 2 is 2.46 bits per heavy atom. The summed E-state index contributed by atoms with van der Waals surface area (Å²) < 4.78 is 10.2. The zero-order valence-electron chi connectivity index (χ0n) is 8.08. The van der Waals surface area contributed by atoms with E-state index in [1.165, 1.54) is 0 Å². The Bertz CT molecular complexity index is 184. The van der Waals surface area contributed by atoms with Gasteiger partial charge in [-0.05, 0) is 19.8 Å². The molecule has 2 unspecified atom stereocenters. The second kappa shape index (κ2) is 4.07. The van der Waals surface area contributed by atoms with E-state index in [1.807, 2.05) is 6.92 Å². The lowest BCUT2D eigenvalue weighted by atomic mass is 9.82. The minimum atomic E-state index is -0.770. The van der Waals surface area contributed by atoms with Gasteiger partial charge in [0.25, 0.3) is 0 Å². The Morgan fingerprint density at radius 1 is 1.77 bits per heavy atom. The number of aliphatic carboxylic acids is 1. The van der Waals surface area contributed by atoms with Gasteiger partial charge >= 0.3 is 5.97 Å². The highest BCUT2D eigenvalue weighted by atomic mass is 16.5. The molecule has 0 bridgehead atoms. The van der Waals surface area contributed by atoms with E-state index in [0.29, 0.717) is 26.1 Å². The van der Waals surface area contributed by atoms with Crippen molar-refractivity contribution >= 4 is 5.97 Å². The van der Waals surface area contributed by atoms with Gasteiger partial charge in [-0.15, -0.1) is 0 Å². The van der Waals surface area contributed by atoms with Gasteiger partial charge in [0, 0.05) is 13.7 Å². The van der Waals surface area contributed by atoms with Crippen LogP contribution in [0.3, 0.4) is 0 Å². The number of carboxylic acid groups (broad SMARTS) is 1. The Kier molecular flexibility index (Phi) is 3.27. The first-order valence-corrected chi connectivity index (χ1v) is 4.45. The summed E-state index contributed by atoms with van der Waals surface area (Å²) in [5, 5.41) is 9.07. The molecule has 0 aromatic heterocycles.